The minimum atomic E-state index is -1.87. The number of benzene rings is 3. The van der Waals surface area contributed by atoms with Crippen molar-refractivity contribution in [3.8, 4) is 0 Å². The molecule has 27 heavy (non-hydrogen) atoms. The predicted octanol–water partition coefficient (Wildman–Crippen LogP) is 5.45. The van der Waals surface area contributed by atoms with Crippen molar-refractivity contribution in [1.29, 1.82) is 0 Å². The van der Waals surface area contributed by atoms with Crippen LogP contribution in [-0.2, 0) is 6.42 Å². The first kappa shape index (κ1) is 17.7. The van der Waals surface area contributed by atoms with E-state index in [2.05, 4.69) is 72.7 Å². The van der Waals surface area contributed by atoms with Gasteiger partial charge in [-0.25, -0.2) is 9.37 Å². The fraction of sp³-hybridized carbons (Fsp3) is 0.174. The molecule has 4 rings (SSSR count). The summed E-state index contributed by atoms with van der Waals surface area (Å²) in [7, 11) is -1.87. The topological polar surface area (TPSA) is 26.0 Å². The Balaban J connectivity index is 1.76. The third kappa shape index (κ3) is 3.58. The van der Waals surface area contributed by atoms with E-state index in [4.69, 9.17) is 4.42 Å². The molecule has 1 atom stereocenters. The first-order valence-corrected chi connectivity index (χ1v) is 12.3. The number of nitrogens with zero attached hydrogens (tertiary/aromatic N) is 1. The van der Waals surface area contributed by atoms with E-state index in [1.54, 1.807) is 6.07 Å². The van der Waals surface area contributed by atoms with Crippen LogP contribution in [0.5, 0.6) is 0 Å². The molecule has 0 radical (unpaired) electrons. The van der Waals surface area contributed by atoms with Gasteiger partial charge in [0.1, 0.15) is 11.3 Å². The molecule has 0 spiro atoms. The molecule has 3 aromatic carbocycles. The number of hydrogen-bond acceptors (Lipinski definition) is 2. The smallest absolute Gasteiger partial charge is 0.195 e. The molecule has 4 heteroatoms. The second-order valence-corrected chi connectivity index (χ2v) is 12.2. The van der Waals surface area contributed by atoms with Gasteiger partial charge in [0.05, 0.1) is 8.07 Å². The zero-order chi connectivity index (χ0) is 18.9. The molecule has 0 saturated heterocycles. The van der Waals surface area contributed by atoms with Crippen molar-refractivity contribution in [2.75, 3.05) is 0 Å². The standard InChI is InChI=1S/C23H22FNOSi/c1-27(2,19-11-7-4-8-12-19)22(17-9-5-3-6-10-17)16-23-25-20-15-18(24)13-14-21(20)26-23/h3-15,22H,16H2,1-2H3/t22-/m0/s1. The zero-order valence-corrected chi connectivity index (χ0v) is 16.5. The summed E-state index contributed by atoms with van der Waals surface area (Å²) >= 11 is 0. The van der Waals surface area contributed by atoms with E-state index < -0.39 is 8.07 Å². The molecule has 0 N–H and O–H groups in total. The second kappa shape index (κ2) is 7.12. The number of fused-ring (bicyclic) bond motifs is 1. The summed E-state index contributed by atoms with van der Waals surface area (Å²) in [5.74, 6) is 0.377. The number of halogens is 1. The predicted molar refractivity (Wildman–Crippen MR) is 110 cm³/mol. The van der Waals surface area contributed by atoms with Gasteiger partial charge >= 0.3 is 0 Å². The lowest BCUT2D eigenvalue weighted by Crippen LogP contribution is -2.48. The summed E-state index contributed by atoms with van der Waals surface area (Å²) in [6.07, 6.45) is 0.703. The Kier molecular flexibility index (Phi) is 4.66. The molecular formula is C23H22FNOSi. The molecule has 0 aliphatic heterocycles. The lowest BCUT2D eigenvalue weighted by Gasteiger charge is -2.33. The van der Waals surface area contributed by atoms with E-state index in [0.29, 0.717) is 29.0 Å². The molecule has 0 saturated carbocycles. The summed E-state index contributed by atoms with van der Waals surface area (Å²) in [5.41, 5.74) is 2.82. The minimum absolute atomic E-state index is 0.291. The van der Waals surface area contributed by atoms with Gasteiger partial charge in [-0.1, -0.05) is 78.9 Å². The first-order valence-electron chi connectivity index (χ1n) is 9.19. The van der Waals surface area contributed by atoms with Crippen LogP contribution in [-0.4, -0.2) is 13.1 Å². The zero-order valence-electron chi connectivity index (χ0n) is 15.5. The Labute approximate surface area is 159 Å². The van der Waals surface area contributed by atoms with Crippen LogP contribution in [0.25, 0.3) is 11.1 Å². The summed E-state index contributed by atoms with van der Waals surface area (Å²) < 4.78 is 19.5. The van der Waals surface area contributed by atoms with Gasteiger partial charge in [0.25, 0.3) is 0 Å². The van der Waals surface area contributed by atoms with Crippen molar-refractivity contribution >= 4 is 24.4 Å². The molecule has 1 aromatic heterocycles. The van der Waals surface area contributed by atoms with Crippen LogP contribution in [0.15, 0.2) is 83.3 Å². The Bertz CT molecular complexity index is 1040. The number of aromatic nitrogens is 1. The van der Waals surface area contributed by atoms with Gasteiger partial charge in [-0.2, -0.15) is 0 Å². The molecule has 4 aromatic rings. The minimum Gasteiger partial charge on any atom is -0.441 e. The lowest BCUT2D eigenvalue weighted by atomic mass is 10.1. The number of oxazole rings is 1. The molecule has 0 aliphatic rings. The van der Waals surface area contributed by atoms with E-state index in [1.807, 2.05) is 6.07 Å². The first-order chi connectivity index (χ1) is 13.0. The Hall–Kier alpha value is -2.72. The average Bonchev–Trinajstić information content (AvgIpc) is 3.09. The van der Waals surface area contributed by atoms with E-state index in [9.17, 15) is 4.39 Å². The average molecular weight is 376 g/mol. The molecule has 2 nitrogen and oxygen atoms in total. The maximum atomic E-state index is 13.5. The molecule has 0 amide bonds. The molecule has 136 valence electrons. The summed E-state index contributed by atoms with van der Waals surface area (Å²) in [6, 6.07) is 25.8. The van der Waals surface area contributed by atoms with Gasteiger partial charge in [-0.05, 0) is 23.2 Å². The highest BCUT2D eigenvalue weighted by atomic mass is 28.3. The fourth-order valence-corrected chi connectivity index (χ4v) is 6.92. The monoisotopic (exact) mass is 375 g/mol. The highest BCUT2D eigenvalue weighted by Crippen LogP contribution is 2.31. The molecule has 0 fully saturated rings. The van der Waals surface area contributed by atoms with Crippen LogP contribution < -0.4 is 5.19 Å². The van der Waals surface area contributed by atoms with Crippen molar-refractivity contribution in [2.24, 2.45) is 0 Å². The van der Waals surface area contributed by atoms with Crippen molar-refractivity contribution < 1.29 is 8.81 Å². The van der Waals surface area contributed by atoms with E-state index in [0.717, 1.165) is 0 Å². The third-order valence-corrected chi connectivity index (χ3v) is 9.46. The lowest BCUT2D eigenvalue weighted by molar-refractivity contribution is 0.522. The summed E-state index contributed by atoms with van der Waals surface area (Å²) in [5, 5.41) is 1.40. The third-order valence-electron chi connectivity index (χ3n) is 5.36. The number of hydrogen-bond donors (Lipinski definition) is 0. The van der Waals surface area contributed by atoms with Gasteiger partial charge < -0.3 is 4.42 Å². The van der Waals surface area contributed by atoms with Crippen molar-refractivity contribution in [3.63, 3.8) is 0 Å². The highest BCUT2D eigenvalue weighted by molar-refractivity contribution is 6.90. The second-order valence-electron chi connectivity index (χ2n) is 7.47. The van der Waals surface area contributed by atoms with E-state index in [-0.39, 0.29) is 5.82 Å². The van der Waals surface area contributed by atoms with Gasteiger partial charge in [-0.15, -0.1) is 0 Å². The van der Waals surface area contributed by atoms with Gasteiger partial charge in [0.2, 0.25) is 0 Å². The summed E-state index contributed by atoms with van der Waals surface area (Å²) in [6.45, 7) is 4.78. The van der Waals surface area contributed by atoms with Crippen LogP contribution >= 0.6 is 0 Å². The Morgan fingerprint density at radius 3 is 2.30 bits per heavy atom. The van der Waals surface area contributed by atoms with Gasteiger partial charge in [0.15, 0.2) is 11.5 Å². The van der Waals surface area contributed by atoms with Crippen molar-refractivity contribution in [2.45, 2.75) is 25.1 Å². The maximum Gasteiger partial charge on any atom is 0.195 e. The normalized spacial score (nSPS) is 13.0. The molecular weight excluding hydrogens is 353 g/mol. The van der Waals surface area contributed by atoms with Crippen LogP contribution in [0.3, 0.4) is 0 Å². The van der Waals surface area contributed by atoms with Crippen LogP contribution in [0.2, 0.25) is 13.1 Å². The molecule has 1 heterocycles. The van der Waals surface area contributed by atoms with Crippen molar-refractivity contribution in [3.05, 3.63) is 96.1 Å². The SMILES string of the molecule is C[Si](C)(c1ccccc1)[C@@H](Cc1nc2cc(F)ccc2o1)c1ccccc1. The largest absolute Gasteiger partial charge is 0.441 e. The Morgan fingerprint density at radius 1 is 0.926 bits per heavy atom. The maximum absolute atomic E-state index is 13.5. The van der Waals surface area contributed by atoms with E-state index in [1.165, 1.54) is 22.9 Å². The molecule has 0 aliphatic carbocycles. The van der Waals surface area contributed by atoms with Gasteiger partial charge in [0, 0.05) is 12.5 Å². The van der Waals surface area contributed by atoms with Gasteiger partial charge in [-0.3, -0.25) is 0 Å². The number of rotatable bonds is 5. The molecule has 0 bridgehead atoms. The quantitative estimate of drug-likeness (QED) is 0.434. The molecule has 0 unspecified atom stereocenters. The highest BCUT2D eigenvalue weighted by Gasteiger charge is 2.35. The van der Waals surface area contributed by atoms with Crippen LogP contribution in [0.4, 0.5) is 4.39 Å². The van der Waals surface area contributed by atoms with Crippen LogP contribution in [0, 0.1) is 5.82 Å². The Morgan fingerprint density at radius 2 is 1.59 bits per heavy atom. The van der Waals surface area contributed by atoms with E-state index >= 15 is 0 Å². The fourth-order valence-electron chi connectivity index (χ4n) is 3.75. The van der Waals surface area contributed by atoms with Crippen molar-refractivity contribution in [1.82, 2.24) is 4.98 Å². The van der Waals surface area contributed by atoms with Crippen LogP contribution in [0.1, 0.15) is 17.0 Å². The summed E-state index contributed by atoms with van der Waals surface area (Å²) in [4.78, 5) is 4.56.